The molecule has 0 radical (unpaired) electrons. The summed E-state index contributed by atoms with van der Waals surface area (Å²) in [5, 5.41) is 12.6. The molecule has 47 heavy (non-hydrogen) atoms. The molecule has 0 fully saturated rings. The first-order valence-electron chi connectivity index (χ1n) is 15.6. The summed E-state index contributed by atoms with van der Waals surface area (Å²) in [7, 11) is 5.90. The average Bonchev–Trinajstić information content (AvgIpc) is 3.56. The van der Waals surface area contributed by atoms with Crippen molar-refractivity contribution in [3.8, 4) is 45.6 Å². The number of rotatable bonds is 11. The first-order valence-corrected chi connectivity index (χ1v) is 15.6. The molecule has 3 aromatic carbocycles. The molecule has 0 bridgehead atoms. The summed E-state index contributed by atoms with van der Waals surface area (Å²) in [6.45, 7) is 5.30. The maximum atomic E-state index is 13.7. The zero-order valence-electron chi connectivity index (χ0n) is 27.8. The van der Waals surface area contributed by atoms with Gasteiger partial charge in [-0.05, 0) is 37.6 Å². The summed E-state index contributed by atoms with van der Waals surface area (Å²) in [4.78, 5) is 27.1. The molecule has 1 heterocycles. The summed E-state index contributed by atoms with van der Waals surface area (Å²) in [5.74, 6) is -0.242. The Labute approximate surface area is 274 Å². The lowest BCUT2D eigenvalue weighted by molar-refractivity contribution is -0.169. The first kappa shape index (κ1) is 33.7. The second kappa shape index (κ2) is 14.0. The van der Waals surface area contributed by atoms with Crippen LogP contribution < -0.4 is 28.4 Å². The fourth-order valence-electron chi connectivity index (χ4n) is 6.29. The zero-order valence-corrected chi connectivity index (χ0v) is 27.8. The van der Waals surface area contributed by atoms with Crippen molar-refractivity contribution in [2.75, 3.05) is 35.2 Å². The molecular formula is C36H42O11. The van der Waals surface area contributed by atoms with Crippen molar-refractivity contribution in [3.63, 3.8) is 0 Å². The molecule has 11 heteroatoms. The number of carbonyl (C=O) groups is 2. The highest BCUT2D eigenvalue weighted by Crippen LogP contribution is 2.61. The monoisotopic (exact) mass is 650 g/mol. The van der Waals surface area contributed by atoms with E-state index in [1.165, 1.54) is 28.4 Å². The Hall–Kier alpha value is -4.64. The van der Waals surface area contributed by atoms with Gasteiger partial charge in [-0.3, -0.25) is 4.79 Å². The highest BCUT2D eigenvalue weighted by Gasteiger charge is 2.51. The minimum absolute atomic E-state index is 0.0590. The van der Waals surface area contributed by atoms with Gasteiger partial charge in [0.25, 0.3) is 0 Å². The molecule has 0 amide bonds. The number of hydrogen-bond donors (Lipinski definition) is 1. The Bertz CT molecular complexity index is 1620. The number of methoxy groups -OCH3 is 4. The van der Waals surface area contributed by atoms with Gasteiger partial charge in [0.1, 0.15) is 11.7 Å². The average molecular weight is 651 g/mol. The van der Waals surface area contributed by atoms with Gasteiger partial charge in [-0.25, -0.2) is 4.79 Å². The van der Waals surface area contributed by atoms with Crippen LogP contribution in [0.25, 0.3) is 11.1 Å². The van der Waals surface area contributed by atoms with E-state index in [0.29, 0.717) is 40.2 Å². The normalized spacial score (nSPS) is 21.0. The minimum atomic E-state index is -1.83. The maximum Gasteiger partial charge on any atom is 0.338 e. The molecule has 0 spiro atoms. The lowest BCUT2D eigenvalue weighted by Gasteiger charge is -2.44. The van der Waals surface area contributed by atoms with Crippen LogP contribution in [-0.4, -0.2) is 57.9 Å². The Morgan fingerprint density at radius 3 is 2.19 bits per heavy atom. The van der Waals surface area contributed by atoms with Gasteiger partial charge >= 0.3 is 11.9 Å². The van der Waals surface area contributed by atoms with Crippen molar-refractivity contribution >= 4 is 11.9 Å². The van der Waals surface area contributed by atoms with Crippen molar-refractivity contribution in [1.82, 2.24) is 0 Å². The van der Waals surface area contributed by atoms with Crippen molar-refractivity contribution in [2.24, 2.45) is 5.92 Å². The third kappa shape index (κ3) is 6.12. The van der Waals surface area contributed by atoms with Gasteiger partial charge in [-0.2, -0.15) is 0 Å². The summed E-state index contributed by atoms with van der Waals surface area (Å²) >= 11 is 0. The molecule has 0 unspecified atom stereocenters. The van der Waals surface area contributed by atoms with Gasteiger partial charge in [-0.15, -0.1) is 0 Å². The Kier molecular flexibility index (Phi) is 10.0. The molecule has 0 saturated heterocycles. The van der Waals surface area contributed by atoms with E-state index >= 15 is 0 Å². The number of aliphatic hydroxyl groups is 1. The van der Waals surface area contributed by atoms with E-state index in [1.54, 1.807) is 56.3 Å². The molecule has 4 atom stereocenters. The number of esters is 2. The number of hydrogen-bond acceptors (Lipinski definition) is 11. The zero-order chi connectivity index (χ0) is 33.9. The van der Waals surface area contributed by atoms with Crippen LogP contribution in [0.1, 0.15) is 80.1 Å². The summed E-state index contributed by atoms with van der Waals surface area (Å²) in [6.07, 6.45) is 0.240. The minimum Gasteiger partial charge on any atom is -0.493 e. The van der Waals surface area contributed by atoms with E-state index in [0.717, 1.165) is 12.8 Å². The largest absolute Gasteiger partial charge is 0.493 e. The number of benzene rings is 3. The van der Waals surface area contributed by atoms with Gasteiger partial charge < -0.3 is 43.0 Å². The van der Waals surface area contributed by atoms with Gasteiger partial charge in [0.2, 0.25) is 18.3 Å². The highest BCUT2D eigenvalue weighted by molar-refractivity contribution is 5.92. The van der Waals surface area contributed by atoms with E-state index in [-0.39, 0.29) is 41.8 Å². The fraction of sp³-hybridized carbons (Fsp3) is 0.444. The van der Waals surface area contributed by atoms with E-state index in [2.05, 4.69) is 6.92 Å². The lowest BCUT2D eigenvalue weighted by atomic mass is 9.71. The van der Waals surface area contributed by atoms with E-state index in [1.807, 2.05) is 0 Å². The van der Waals surface area contributed by atoms with Crippen LogP contribution in [0.2, 0.25) is 0 Å². The van der Waals surface area contributed by atoms with Gasteiger partial charge in [0.05, 0.1) is 34.0 Å². The summed E-state index contributed by atoms with van der Waals surface area (Å²) in [6, 6.07) is 11.8. The van der Waals surface area contributed by atoms with Crippen molar-refractivity contribution in [1.29, 1.82) is 0 Å². The Morgan fingerprint density at radius 1 is 0.872 bits per heavy atom. The molecule has 2 aliphatic rings. The third-order valence-corrected chi connectivity index (χ3v) is 8.94. The lowest BCUT2D eigenvalue weighted by Crippen LogP contribution is -2.46. The smallest absolute Gasteiger partial charge is 0.338 e. The molecule has 0 aromatic heterocycles. The van der Waals surface area contributed by atoms with E-state index in [9.17, 15) is 14.7 Å². The van der Waals surface area contributed by atoms with Crippen LogP contribution in [0.3, 0.4) is 0 Å². The molecule has 0 saturated carbocycles. The molecule has 252 valence electrons. The first-order chi connectivity index (χ1) is 22.6. The molecule has 11 nitrogen and oxygen atoms in total. The van der Waals surface area contributed by atoms with Gasteiger partial charge in [0.15, 0.2) is 29.1 Å². The van der Waals surface area contributed by atoms with Crippen LogP contribution in [0.4, 0.5) is 0 Å². The van der Waals surface area contributed by atoms with Gasteiger partial charge in [0, 0.05) is 34.6 Å². The maximum absolute atomic E-state index is 13.7. The topological polar surface area (TPSA) is 128 Å². The van der Waals surface area contributed by atoms with Crippen LogP contribution in [-0.2, 0) is 14.3 Å². The Balaban J connectivity index is 1.87. The quantitative estimate of drug-likeness (QED) is 0.179. The van der Waals surface area contributed by atoms with Gasteiger partial charge in [-0.1, -0.05) is 44.9 Å². The van der Waals surface area contributed by atoms with Crippen LogP contribution in [0, 0.1) is 5.92 Å². The number of carbonyl (C=O) groups excluding carboxylic acids is 2. The highest BCUT2D eigenvalue weighted by atomic mass is 16.7. The number of fused-ring (bicyclic) bond motifs is 4. The second-order valence-electron chi connectivity index (χ2n) is 11.8. The molecule has 1 aliphatic heterocycles. The summed E-state index contributed by atoms with van der Waals surface area (Å²) in [5.41, 5.74) is 0.0557. The molecule has 5 rings (SSSR count). The van der Waals surface area contributed by atoms with Crippen molar-refractivity contribution < 1.29 is 52.6 Å². The molecule has 1 N–H and O–H groups in total. The third-order valence-electron chi connectivity index (χ3n) is 8.94. The Morgan fingerprint density at radius 2 is 1.55 bits per heavy atom. The van der Waals surface area contributed by atoms with Crippen LogP contribution in [0.15, 0.2) is 42.5 Å². The predicted molar refractivity (Wildman–Crippen MR) is 172 cm³/mol. The van der Waals surface area contributed by atoms with Crippen LogP contribution >= 0.6 is 0 Å². The SMILES string of the molecule is CCCCCC(=O)O[C@H]1c2cc3c(c(OC)c2-c2c(cc(OC)c(OC)c2OC)[C@H](OC(=O)c2ccccc2)[C@@](C)(O)[C@H]1C)OCO3. The van der Waals surface area contributed by atoms with E-state index < -0.39 is 35.7 Å². The summed E-state index contributed by atoms with van der Waals surface area (Å²) < 4.78 is 47.6. The number of unbranched alkanes of at least 4 members (excludes halogenated alkanes) is 2. The number of ether oxygens (including phenoxy) is 8. The van der Waals surface area contributed by atoms with E-state index in [4.69, 9.17) is 37.9 Å². The van der Waals surface area contributed by atoms with Crippen molar-refractivity contribution in [3.05, 3.63) is 59.2 Å². The molecule has 3 aromatic rings. The second-order valence-corrected chi connectivity index (χ2v) is 11.8. The van der Waals surface area contributed by atoms with Crippen LogP contribution in [0.5, 0.6) is 34.5 Å². The predicted octanol–water partition coefficient (Wildman–Crippen LogP) is 6.58. The molecular weight excluding hydrogens is 608 g/mol. The fourth-order valence-corrected chi connectivity index (χ4v) is 6.29. The van der Waals surface area contributed by atoms with Crippen molar-refractivity contribution in [2.45, 2.75) is 64.3 Å². The standard InChI is InChI=1S/C36H42O11/c1-8-9-11-16-26(37)46-29-20(2)36(3,39)34(47-35(38)21-14-12-10-13-15-21)23-18-24(40-4)30(41-5)32(42-6)28(23)27-22(29)17-25-31(33(27)43-7)45-19-44-25/h10,12-15,17-18,20,29,34,39H,8-9,11,16,19H2,1-7H3/t20-,29+,34-,36-/m0/s1. The molecule has 1 aliphatic carbocycles.